The van der Waals surface area contributed by atoms with Gasteiger partial charge in [0, 0.05) is 38.2 Å². The van der Waals surface area contributed by atoms with Crippen LogP contribution in [-0.2, 0) is 9.59 Å². The lowest BCUT2D eigenvalue weighted by Crippen LogP contribution is -2.54. The summed E-state index contributed by atoms with van der Waals surface area (Å²) in [5.74, 6) is 0.220. The largest absolute Gasteiger partial charge is 0.344 e. The first-order valence-corrected chi connectivity index (χ1v) is 11.2. The summed E-state index contributed by atoms with van der Waals surface area (Å²) in [5, 5.41) is 3.02. The minimum atomic E-state index is -0.521. The summed E-state index contributed by atoms with van der Waals surface area (Å²) < 4.78 is 0. The van der Waals surface area contributed by atoms with E-state index in [1.807, 2.05) is 63.8 Å². The molecular formula is C24H37N3O3. The van der Waals surface area contributed by atoms with Crippen molar-refractivity contribution in [2.24, 2.45) is 11.8 Å². The fourth-order valence-corrected chi connectivity index (χ4v) is 4.03. The predicted octanol–water partition coefficient (Wildman–Crippen LogP) is 3.25. The van der Waals surface area contributed by atoms with Gasteiger partial charge < -0.3 is 15.1 Å². The molecule has 6 nitrogen and oxygen atoms in total. The Labute approximate surface area is 181 Å². The number of amides is 3. The van der Waals surface area contributed by atoms with Crippen LogP contribution in [0.5, 0.6) is 0 Å². The van der Waals surface area contributed by atoms with E-state index < -0.39 is 6.04 Å². The topological polar surface area (TPSA) is 69.7 Å². The van der Waals surface area contributed by atoms with Crippen molar-refractivity contribution in [1.29, 1.82) is 0 Å². The van der Waals surface area contributed by atoms with Crippen LogP contribution in [0.25, 0.3) is 0 Å². The Morgan fingerprint density at radius 1 is 1.07 bits per heavy atom. The fraction of sp³-hybridized carbons (Fsp3) is 0.625. The molecule has 1 heterocycles. The van der Waals surface area contributed by atoms with Crippen molar-refractivity contribution in [2.75, 3.05) is 26.2 Å². The Morgan fingerprint density at radius 2 is 1.63 bits per heavy atom. The summed E-state index contributed by atoms with van der Waals surface area (Å²) in [6.45, 7) is 12.3. The number of carbonyl (C=O) groups is 3. The maximum absolute atomic E-state index is 13.1. The van der Waals surface area contributed by atoms with Gasteiger partial charge in [-0.1, -0.05) is 31.5 Å². The zero-order valence-electron chi connectivity index (χ0n) is 19.1. The fourth-order valence-electron chi connectivity index (χ4n) is 4.03. The number of likely N-dealkylation sites (tertiary alicyclic amines) is 1. The highest BCUT2D eigenvalue weighted by atomic mass is 16.2. The summed E-state index contributed by atoms with van der Waals surface area (Å²) >= 11 is 0. The molecular weight excluding hydrogens is 378 g/mol. The summed E-state index contributed by atoms with van der Waals surface area (Å²) in [6.07, 6.45) is 1.82. The van der Waals surface area contributed by atoms with Crippen LogP contribution < -0.4 is 5.32 Å². The van der Waals surface area contributed by atoms with E-state index in [0.29, 0.717) is 51.0 Å². The number of likely N-dealkylation sites (N-methyl/N-ethyl adjacent to an activating group) is 1. The minimum absolute atomic E-state index is 0.0135. The van der Waals surface area contributed by atoms with Crippen molar-refractivity contribution < 1.29 is 14.4 Å². The molecule has 1 aliphatic rings. The van der Waals surface area contributed by atoms with Gasteiger partial charge in [-0.3, -0.25) is 14.4 Å². The van der Waals surface area contributed by atoms with Crippen LogP contribution in [0.2, 0.25) is 0 Å². The van der Waals surface area contributed by atoms with Crippen molar-refractivity contribution in [1.82, 2.24) is 15.1 Å². The standard InChI is InChI=1S/C24H37N3O3/c1-6-26(7-2)24(30)22(25-21(28)16-17(3)4)19-12-14-27(15-13-19)23(29)20-10-8-18(5)9-11-20/h8-11,17,19,22H,6-7,12-16H2,1-5H3,(H,25,28). The van der Waals surface area contributed by atoms with Crippen LogP contribution in [0.4, 0.5) is 0 Å². The second-order valence-corrected chi connectivity index (χ2v) is 8.65. The number of nitrogens with one attached hydrogen (secondary N) is 1. The van der Waals surface area contributed by atoms with Crippen molar-refractivity contribution in [3.05, 3.63) is 35.4 Å². The molecule has 1 atom stereocenters. The van der Waals surface area contributed by atoms with Crippen LogP contribution in [0.1, 0.15) is 62.9 Å². The van der Waals surface area contributed by atoms with Gasteiger partial charge in [0.15, 0.2) is 0 Å². The van der Waals surface area contributed by atoms with Crippen molar-refractivity contribution in [3.8, 4) is 0 Å². The monoisotopic (exact) mass is 415 g/mol. The van der Waals surface area contributed by atoms with E-state index in [4.69, 9.17) is 0 Å². The number of hydrogen-bond donors (Lipinski definition) is 1. The summed E-state index contributed by atoms with van der Waals surface area (Å²) in [6, 6.07) is 7.10. The van der Waals surface area contributed by atoms with Gasteiger partial charge in [0.25, 0.3) is 5.91 Å². The normalized spacial score (nSPS) is 15.7. The zero-order chi connectivity index (χ0) is 22.3. The molecule has 1 aromatic carbocycles. The van der Waals surface area contributed by atoms with Crippen LogP contribution in [0.15, 0.2) is 24.3 Å². The maximum Gasteiger partial charge on any atom is 0.253 e. The van der Waals surface area contributed by atoms with Gasteiger partial charge in [0.05, 0.1) is 0 Å². The molecule has 6 heteroatoms. The second-order valence-electron chi connectivity index (χ2n) is 8.65. The smallest absolute Gasteiger partial charge is 0.253 e. The van der Waals surface area contributed by atoms with E-state index in [2.05, 4.69) is 5.32 Å². The molecule has 0 aliphatic carbocycles. The Bertz CT molecular complexity index is 718. The van der Waals surface area contributed by atoms with Gasteiger partial charge in [-0.25, -0.2) is 0 Å². The summed E-state index contributed by atoms with van der Waals surface area (Å²) in [4.78, 5) is 42.0. The van der Waals surface area contributed by atoms with E-state index in [1.54, 1.807) is 4.90 Å². The number of benzene rings is 1. The number of rotatable bonds is 8. The Kier molecular flexibility index (Phi) is 8.88. The number of piperidine rings is 1. The number of hydrogen-bond acceptors (Lipinski definition) is 3. The molecule has 1 fully saturated rings. The van der Waals surface area contributed by atoms with Gasteiger partial charge >= 0.3 is 0 Å². The minimum Gasteiger partial charge on any atom is -0.344 e. The SMILES string of the molecule is CCN(CC)C(=O)C(NC(=O)CC(C)C)C1CCN(C(=O)c2ccc(C)cc2)CC1. The molecule has 166 valence electrons. The summed E-state index contributed by atoms with van der Waals surface area (Å²) in [7, 11) is 0. The number of aryl methyl sites for hydroxylation is 1. The quantitative estimate of drug-likeness (QED) is 0.709. The van der Waals surface area contributed by atoms with E-state index >= 15 is 0 Å². The zero-order valence-corrected chi connectivity index (χ0v) is 19.1. The molecule has 3 amide bonds. The van der Waals surface area contributed by atoms with Gasteiger partial charge in [-0.2, -0.15) is 0 Å². The van der Waals surface area contributed by atoms with E-state index in [1.165, 1.54) is 0 Å². The van der Waals surface area contributed by atoms with Gasteiger partial charge in [0.1, 0.15) is 6.04 Å². The first-order valence-electron chi connectivity index (χ1n) is 11.2. The highest BCUT2D eigenvalue weighted by Crippen LogP contribution is 2.24. The van der Waals surface area contributed by atoms with E-state index in [9.17, 15) is 14.4 Å². The third-order valence-electron chi connectivity index (χ3n) is 5.85. The molecule has 0 spiro atoms. The van der Waals surface area contributed by atoms with Crippen LogP contribution in [0, 0.1) is 18.8 Å². The van der Waals surface area contributed by atoms with E-state index in [-0.39, 0.29) is 29.6 Å². The molecule has 1 aliphatic heterocycles. The first-order chi connectivity index (χ1) is 14.3. The van der Waals surface area contributed by atoms with Crippen molar-refractivity contribution >= 4 is 17.7 Å². The lowest BCUT2D eigenvalue weighted by molar-refractivity contribution is -0.138. The molecule has 2 rings (SSSR count). The second kappa shape index (κ2) is 11.1. The molecule has 0 aromatic heterocycles. The third-order valence-corrected chi connectivity index (χ3v) is 5.85. The van der Waals surface area contributed by atoms with Crippen LogP contribution >= 0.6 is 0 Å². The average molecular weight is 416 g/mol. The molecule has 0 radical (unpaired) electrons. The molecule has 0 bridgehead atoms. The molecule has 1 aromatic rings. The summed E-state index contributed by atoms with van der Waals surface area (Å²) in [5.41, 5.74) is 1.82. The molecule has 30 heavy (non-hydrogen) atoms. The van der Waals surface area contributed by atoms with Crippen molar-refractivity contribution in [3.63, 3.8) is 0 Å². The Hall–Kier alpha value is -2.37. The third kappa shape index (κ3) is 6.31. The van der Waals surface area contributed by atoms with Gasteiger partial charge in [-0.15, -0.1) is 0 Å². The molecule has 1 saturated heterocycles. The van der Waals surface area contributed by atoms with Crippen molar-refractivity contribution in [2.45, 2.75) is 59.9 Å². The molecule has 0 saturated carbocycles. The molecule has 1 N–H and O–H groups in total. The Balaban J connectivity index is 2.07. The molecule has 1 unspecified atom stereocenters. The highest BCUT2D eigenvalue weighted by molar-refractivity contribution is 5.94. The Morgan fingerprint density at radius 3 is 2.13 bits per heavy atom. The lowest BCUT2D eigenvalue weighted by atomic mass is 9.87. The predicted molar refractivity (Wildman–Crippen MR) is 119 cm³/mol. The number of carbonyl (C=O) groups excluding carboxylic acids is 3. The average Bonchev–Trinajstić information content (AvgIpc) is 2.72. The number of nitrogens with zero attached hydrogens (tertiary/aromatic N) is 2. The van der Waals surface area contributed by atoms with Gasteiger partial charge in [0.2, 0.25) is 11.8 Å². The maximum atomic E-state index is 13.1. The van der Waals surface area contributed by atoms with Gasteiger partial charge in [-0.05, 0) is 57.6 Å². The first kappa shape index (κ1) is 23.9. The highest BCUT2D eigenvalue weighted by Gasteiger charge is 2.35. The lowest BCUT2D eigenvalue weighted by Gasteiger charge is -2.37. The van der Waals surface area contributed by atoms with E-state index in [0.717, 1.165) is 5.56 Å². The van der Waals surface area contributed by atoms with Crippen LogP contribution in [-0.4, -0.2) is 59.7 Å². The van der Waals surface area contributed by atoms with Crippen LogP contribution in [0.3, 0.4) is 0 Å².